The average Bonchev–Trinajstić information content (AvgIpc) is 2.59. The van der Waals surface area contributed by atoms with Gasteiger partial charge in [-0.1, -0.05) is 25.5 Å². The summed E-state index contributed by atoms with van der Waals surface area (Å²) < 4.78 is 15.0. The highest BCUT2D eigenvalue weighted by Gasteiger charge is 2.37. The molecule has 1 aromatic rings. The first kappa shape index (κ1) is 20.0. The molecule has 1 aliphatic heterocycles. The minimum Gasteiger partial charge on any atom is -0.535 e. The van der Waals surface area contributed by atoms with Gasteiger partial charge >= 0.3 is 19.1 Å². The Kier molecular flexibility index (Phi) is 7.21. The maximum Gasteiger partial charge on any atom is 0.526 e. The number of Topliss-reactive ketones (excluding diaryl/α,β-unsaturated/α-hetero) is 1. The maximum absolute atomic E-state index is 12.2. The number of benzene rings is 1. The van der Waals surface area contributed by atoms with Crippen molar-refractivity contribution in [2.75, 3.05) is 6.79 Å². The predicted octanol–water partition coefficient (Wildman–Crippen LogP) is 2.30. The molecule has 0 spiro atoms. The Labute approximate surface area is 152 Å². The van der Waals surface area contributed by atoms with E-state index in [4.69, 9.17) is 9.39 Å². The van der Waals surface area contributed by atoms with Crippen molar-refractivity contribution in [3.05, 3.63) is 29.3 Å². The summed E-state index contributed by atoms with van der Waals surface area (Å²) in [5.41, 5.74) is 0.870. The number of hydrogen-bond acceptors (Lipinski definition) is 7. The highest BCUT2D eigenvalue weighted by molar-refractivity contribution is 6.47. The van der Waals surface area contributed by atoms with Crippen molar-refractivity contribution in [3.8, 4) is 5.75 Å². The van der Waals surface area contributed by atoms with Gasteiger partial charge in [-0.05, 0) is 24.5 Å². The Morgan fingerprint density at radius 1 is 1.31 bits per heavy atom. The van der Waals surface area contributed by atoms with E-state index in [0.717, 1.165) is 18.4 Å². The van der Waals surface area contributed by atoms with E-state index in [1.165, 1.54) is 13.0 Å². The van der Waals surface area contributed by atoms with Gasteiger partial charge in [-0.3, -0.25) is 9.59 Å². The van der Waals surface area contributed by atoms with Crippen molar-refractivity contribution in [1.82, 2.24) is 0 Å². The fraction of sp³-hybridized carbons (Fsp3) is 0.500. The third kappa shape index (κ3) is 5.32. The van der Waals surface area contributed by atoms with Crippen molar-refractivity contribution >= 4 is 24.8 Å². The van der Waals surface area contributed by atoms with Crippen LogP contribution in [0.15, 0.2) is 18.2 Å². The fourth-order valence-electron chi connectivity index (χ4n) is 2.83. The number of esters is 2. The summed E-state index contributed by atoms with van der Waals surface area (Å²) in [6, 6.07) is 4.97. The lowest BCUT2D eigenvalue weighted by Gasteiger charge is -2.28. The Bertz CT molecular complexity index is 674. The Morgan fingerprint density at radius 3 is 2.77 bits per heavy atom. The van der Waals surface area contributed by atoms with Gasteiger partial charge in [0, 0.05) is 25.6 Å². The molecule has 0 saturated carbocycles. The van der Waals surface area contributed by atoms with E-state index < -0.39 is 25.8 Å². The Hall–Kier alpha value is -2.35. The first-order chi connectivity index (χ1) is 12.4. The quantitative estimate of drug-likeness (QED) is 0.430. The molecule has 0 fully saturated rings. The minimum absolute atomic E-state index is 0.0971. The number of rotatable bonds is 8. The highest BCUT2D eigenvalue weighted by atomic mass is 16.7. The van der Waals surface area contributed by atoms with E-state index in [-0.39, 0.29) is 29.3 Å². The number of ether oxygens (including phenoxy) is 2. The fourth-order valence-corrected chi connectivity index (χ4v) is 2.83. The molecule has 0 saturated heterocycles. The normalized spacial score (nSPS) is 15.7. The third-order valence-corrected chi connectivity index (χ3v) is 4.19. The molecule has 7 nitrogen and oxygen atoms in total. The van der Waals surface area contributed by atoms with Crippen molar-refractivity contribution < 1.29 is 33.5 Å². The van der Waals surface area contributed by atoms with Crippen LogP contribution in [-0.4, -0.2) is 36.7 Å². The zero-order valence-corrected chi connectivity index (χ0v) is 15.0. The van der Waals surface area contributed by atoms with Crippen LogP contribution in [0.1, 0.15) is 55.5 Å². The number of ketones is 1. The van der Waals surface area contributed by atoms with E-state index in [0.29, 0.717) is 12.8 Å². The molecule has 8 heteroatoms. The zero-order valence-electron chi connectivity index (χ0n) is 15.0. The largest absolute Gasteiger partial charge is 0.535 e. The molecule has 0 radical (unpaired) electrons. The molecule has 26 heavy (non-hydrogen) atoms. The number of fused-ring (bicyclic) bond motifs is 1. The third-order valence-electron chi connectivity index (χ3n) is 4.19. The molecule has 0 aliphatic carbocycles. The summed E-state index contributed by atoms with van der Waals surface area (Å²) in [6.45, 7) is 2.73. The van der Waals surface area contributed by atoms with Gasteiger partial charge in [0.15, 0.2) is 0 Å². The lowest BCUT2D eigenvalue weighted by atomic mass is 9.64. The molecule has 1 atom stereocenters. The summed E-state index contributed by atoms with van der Waals surface area (Å²) in [5, 5.41) is 10.2. The first-order valence-electron chi connectivity index (χ1n) is 8.71. The van der Waals surface area contributed by atoms with E-state index in [1.807, 2.05) is 6.92 Å². The van der Waals surface area contributed by atoms with Crippen LogP contribution in [0.4, 0.5) is 0 Å². The number of hydrogen-bond donors (Lipinski definition) is 1. The van der Waals surface area contributed by atoms with Crippen LogP contribution in [0.2, 0.25) is 5.82 Å². The summed E-state index contributed by atoms with van der Waals surface area (Å²) in [7, 11) is -1.17. The number of para-hydroxylation sites is 1. The monoisotopic (exact) mass is 362 g/mol. The van der Waals surface area contributed by atoms with Gasteiger partial charge in [0.2, 0.25) is 6.79 Å². The van der Waals surface area contributed by atoms with Crippen molar-refractivity contribution in [1.29, 1.82) is 0 Å². The second kappa shape index (κ2) is 9.38. The second-order valence-corrected chi connectivity index (χ2v) is 6.30. The summed E-state index contributed by atoms with van der Waals surface area (Å²) >= 11 is 0. The lowest BCUT2D eigenvalue weighted by Crippen LogP contribution is -2.36. The summed E-state index contributed by atoms with van der Waals surface area (Å²) in [5.74, 6) is -1.29. The number of unbranched alkanes of at least 4 members (excludes halogenated alkanes) is 1. The molecule has 0 unspecified atom stereocenters. The second-order valence-electron chi connectivity index (χ2n) is 6.30. The van der Waals surface area contributed by atoms with Crippen molar-refractivity contribution in [2.24, 2.45) is 0 Å². The van der Waals surface area contributed by atoms with Crippen LogP contribution in [0.3, 0.4) is 0 Å². The van der Waals surface area contributed by atoms with Gasteiger partial charge < -0.3 is 19.2 Å². The van der Waals surface area contributed by atoms with Gasteiger partial charge in [-0.15, -0.1) is 0 Å². The SMILES string of the molecule is CCCCC(=O)C[C@H]1Cc2cccc(C(=O)OCOC(C)=O)c2OB1O. The molecular weight excluding hydrogens is 339 g/mol. The Balaban J connectivity index is 2.06. The molecule has 0 aromatic heterocycles. The van der Waals surface area contributed by atoms with Crippen LogP contribution < -0.4 is 4.65 Å². The van der Waals surface area contributed by atoms with Gasteiger partial charge in [-0.2, -0.15) is 0 Å². The molecule has 140 valence electrons. The van der Waals surface area contributed by atoms with Gasteiger partial charge in [0.25, 0.3) is 0 Å². The molecule has 1 heterocycles. The smallest absolute Gasteiger partial charge is 0.526 e. The van der Waals surface area contributed by atoms with Crippen LogP contribution >= 0.6 is 0 Å². The van der Waals surface area contributed by atoms with Gasteiger partial charge in [0.05, 0.1) is 0 Å². The van der Waals surface area contributed by atoms with Crippen molar-refractivity contribution in [3.63, 3.8) is 0 Å². The maximum atomic E-state index is 12.2. The number of carbonyl (C=O) groups excluding carboxylic acids is 3. The van der Waals surface area contributed by atoms with E-state index in [1.54, 1.807) is 12.1 Å². The average molecular weight is 362 g/mol. The molecule has 0 bridgehead atoms. The van der Waals surface area contributed by atoms with E-state index in [2.05, 4.69) is 4.74 Å². The zero-order chi connectivity index (χ0) is 19.1. The van der Waals surface area contributed by atoms with Gasteiger partial charge in [0.1, 0.15) is 17.1 Å². The lowest BCUT2D eigenvalue weighted by molar-refractivity contribution is -0.149. The summed E-state index contributed by atoms with van der Waals surface area (Å²) in [6.07, 6.45) is 2.94. The first-order valence-corrected chi connectivity index (χ1v) is 8.71. The summed E-state index contributed by atoms with van der Waals surface area (Å²) in [4.78, 5) is 34.9. The molecular formula is C18H23BO7. The topological polar surface area (TPSA) is 99.1 Å². The Morgan fingerprint density at radius 2 is 2.08 bits per heavy atom. The van der Waals surface area contributed by atoms with Crippen LogP contribution in [0.25, 0.3) is 0 Å². The van der Waals surface area contributed by atoms with Gasteiger partial charge in [-0.25, -0.2) is 4.79 Å². The van der Waals surface area contributed by atoms with Crippen LogP contribution in [-0.2, 0) is 25.5 Å². The predicted molar refractivity (Wildman–Crippen MR) is 93.7 cm³/mol. The number of carbonyl (C=O) groups is 3. The van der Waals surface area contributed by atoms with Crippen LogP contribution in [0, 0.1) is 0 Å². The molecule has 2 rings (SSSR count). The molecule has 1 aromatic carbocycles. The van der Waals surface area contributed by atoms with Crippen LogP contribution in [0.5, 0.6) is 5.75 Å². The molecule has 0 amide bonds. The van der Waals surface area contributed by atoms with E-state index >= 15 is 0 Å². The minimum atomic E-state index is -1.17. The van der Waals surface area contributed by atoms with Crippen molar-refractivity contribution in [2.45, 2.75) is 51.8 Å². The molecule has 1 aliphatic rings. The standard InChI is InChI=1S/C18H23BO7/c1-3-4-7-15(21)10-14-9-13-6-5-8-16(17(13)26-19(14)23)18(22)25-11-24-12(2)20/h5-6,8,14,23H,3-4,7,9-11H2,1-2H3/t14-/m1/s1. The molecule has 1 N–H and O–H groups in total. The van der Waals surface area contributed by atoms with E-state index in [9.17, 15) is 19.4 Å². The highest BCUT2D eigenvalue weighted by Crippen LogP contribution is 2.36.